The normalized spacial score (nSPS) is 11.6. The van der Waals surface area contributed by atoms with E-state index < -0.39 is 21.3 Å². The third kappa shape index (κ3) is 4.76. The van der Waals surface area contributed by atoms with E-state index in [-0.39, 0.29) is 29.5 Å². The molecule has 0 saturated carbocycles. The first kappa shape index (κ1) is 23.3. The molecule has 0 amide bonds. The monoisotopic (exact) mass is 457 g/mol. The van der Waals surface area contributed by atoms with Crippen molar-refractivity contribution in [2.45, 2.75) is 24.9 Å². The van der Waals surface area contributed by atoms with Crippen LogP contribution in [0.3, 0.4) is 0 Å². The van der Waals surface area contributed by atoms with Crippen LogP contribution < -0.4 is 21.9 Å². The van der Waals surface area contributed by atoms with Crippen molar-refractivity contribution < 1.29 is 8.42 Å². The minimum Gasteiger partial charge on any atom is -0.383 e. The number of nitrogens with one attached hydrogen (secondary N) is 1. The Morgan fingerprint density at radius 1 is 1.00 bits per heavy atom. The molecule has 2 aromatic carbocycles. The SMILES string of the molecule is CCN(Cc1cccc(S(=O)(=O)N(C)C)c1)c1c(N)n(Cc2ccccc2)c(=O)[nH]c1=O. The van der Waals surface area contributed by atoms with Crippen LogP contribution in [0.25, 0.3) is 0 Å². The maximum absolute atomic E-state index is 12.7. The molecule has 0 atom stereocenters. The van der Waals surface area contributed by atoms with Gasteiger partial charge in [-0.05, 0) is 30.2 Å². The Morgan fingerprint density at radius 3 is 2.28 bits per heavy atom. The number of aromatic nitrogens is 2. The van der Waals surface area contributed by atoms with Gasteiger partial charge in [-0.15, -0.1) is 0 Å². The molecule has 9 nitrogen and oxygen atoms in total. The summed E-state index contributed by atoms with van der Waals surface area (Å²) in [5, 5.41) is 0. The van der Waals surface area contributed by atoms with Gasteiger partial charge in [-0.3, -0.25) is 14.3 Å². The maximum atomic E-state index is 12.7. The average molecular weight is 458 g/mol. The first-order valence-corrected chi connectivity index (χ1v) is 11.5. The third-order valence-corrected chi connectivity index (χ3v) is 6.96. The second kappa shape index (κ2) is 9.41. The summed E-state index contributed by atoms with van der Waals surface area (Å²) in [5.74, 6) is 0.0570. The summed E-state index contributed by atoms with van der Waals surface area (Å²) in [5.41, 5.74) is 6.85. The number of hydrogen-bond acceptors (Lipinski definition) is 6. The summed E-state index contributed by atoms with van der Waals surface area (Å²) < 4.78 is 27.4. The Balaban J connectivity index is 2.00. The van der Waals surface area contributed by atoms with Crippen LogP contribution in [0.4, 0.5) is 11.5 Å². The highest BCUT2D eigenvalue weighted by Crippen LogP contribution is 2.22. The molecule has 1 heterocycles. The lowest BCUT2D eigenvalue weighted by Crippen LogP contribution is -2.38. The fourth-order valence-electron chi connectivity index (χ4n) is 3.39. The van der Waals surface area contributed by atoms with E-state index in [9.17, 15) is 18.0 Å². The highest BCUT2D eigenvalue weighted by Gasteiger charge is 2.20. The van der Waals surface area contributed by atoms with Gasteiger partial charge < -0.3 is 10.6 Å². The van der Waals surface area contributed by atoms with Crippen LogP contribution in [0.15, 0.2) is 69.1 Å². The zero-order valence-corrected chi connectivity index (χ0v) is 19.1. The van der Waals surface area contributed by atoms with Gasteiger partial charge in [0.1, 0.15) is 11.5 Å². The smallest absolute Gasteiger partial charge is 0.330 e. The Labute approximate surface area is 186 Å². The number of nitrogens with two attached hydrogens (primary N) is 1. The van der Waals surface area contributed by atoms with Crippen molar-refractivity contribution in [1.29, 1.82) is 0 Å². The second-order valence-corrected chi connectivity index (χ2v) is 9.67. The molecule has 3 aromatic rings. The van der Waals surface area contributed by atoms with E-state index in [1.807, 2.05) is 37.3 Å². The molecule has 0 radical (unpaired) electrons. The summed E-state index contributed by atoms with van der Waals surface area (Å²) in [4.78, 5) is 29.3. The van der Waals surface area contributed by atoms with Crippen LogP contribution in [0.2, 0.25) is 0 Å². The van der Waals surface area contributed by atoms with Gasteiger partial charge in [-0.1, -0.05) is 42.5 Å². The lowest BCUT2D eigenvalue weighted by atomic mass is 10.2. The fourth-order valence-corrected chi connectivity index (χ4v) is 4.36. The van der Waals surface area contributed by atoms with E-state index in [0.29, 0.717) is 12.1 Å². The maximum Gasteiger partial charge on any atom is 0.330 e. The van der Waals surface area contributed by atoms with Gasteiger partial charge in [0, 0.05) is 27.2 Å². The Morgan fingerprint density at radius 2 is 1.66 bits per heavy atom. The molecule has 10 heteroatoms. The van der Waals surface area contributed by atoms with Crippen molar-refractivity contribution in [1.82, 2.24) is 13.9 Å². The molecular weight excluding hydrogens is 430 g/mol. The molecule has 3 N–H and O–H groups in total. The average Bonchev–Trinajstić information content (AvgIpc) is 2.76. The highest BCUT2D eigenvalue weighted by molar-refractivity contribution is 7.89. The molecule has 0 bridgehead atoms. The molecule has 3 rings (SSSR count). The van der Waals surface area contributed by atoms with Crippen molar-refractivity contribution in [2.24, 2.45) is 0 Å². The van der Waals surface area contributed by atoms with Crippen molar-refractivity contribution >= 4 is 21.5 Å². The molecule has 1 aromatic heterocycles. The summed E-state index contributed by atoms with van der Waals surface area (Å²) in [6, 6.07) is 15.9. The molecule has 0 fully saturated rings. The van der Waals surface area contributed by atoms with Crippen LogP contribution in [-0.2, 0) is 23.1 Å². The predicted molar refractivity (Wildman–Crippen MR) is 125 cm³/mol. The molecule has 0 aliphatic carbocycles. The molecule has 170 valence electrons. The van der Waals surface area contributed by atoms with Crippen molar-refractivity contribution in [3.63, 3.8) is 0 Å². The number of hydrogen-bond donors (Lipinski definition) is 2. The van der Waals surface area contributed by atoms with Gasteiger partial charge in [0.05, 0.1) is 11.4 Å². The minimum absolute atomic E-state index is 0.0570. The van der Waals surface area contributed by atoms with Gasteiger partial charge in [-0.2, -0.15) is 0 Å². The second-order valence-electron chi connectivity index (χ2n) is 7.51. The number of rotatable bonds is 8. The first-order valence-electron chi connectivity index (χ1n) is 10.1. The number of anilines is 2. The number of sulfonamides is 1. The highest BCUT2D eigenvalue weighted by atomic mass is 32.2. The Bertz CT molecular complexity index is 1310. The molecule has 0 aliphatic heterocycles. The summed E-state index contributed by atoms with van der Waals surface area (Å²) in [6.45, 7) is 2.72. The molecule has 0 unspecified atom stereocenters. The van der Waals surface area contributed by atoms with Crippen LogP contribution in [0.1, 0.15) is 18.1 Å². The van der Waals surface area contributed by atoms with Gasteiger partial charge in [0.15, 0.2) is 0 Å². The summed E-state index contributed by atoms with van der Waals surface area (Å²) in [7, 11) is -0.655. The summed E-state index contributed by atoms with van der Waals surface area (Å²) in [6.07, 6.45) is 0. The van der Waals surface area contributed by atoms with E-state index >= 15 is 0 Å². The third-order valence-electron chi connectivity index (χ3n) is 5.15. The van der Waals surface area contributed by atoms with E-state index in [1.165, 1.54) is 24.7 Å². The van der Waals surface area contributed by atoms with Crippen molar-refractivity contribution in [3.05, 3.63) is 86.6 Å². The van der Waals surface area contributed by atoms with Gasteiger partial charge in [0.25, 0.3) is 5.56 Å². The van der Waals surface area contributed by atoms with E-state index in [1.54, 1.807) is 23.1 Å². The molecule has 0 aliphatic rings. The fraction of sp³-hybridized carbons (Fsp3) is 0.273. The number of H-pyrrole nitrogens is 1. The quantitative estimate of drug-likeness (QED) is 0.528. The lowest BCUT2D eigenvalue weighted by molar-refractivity contribution is 0.520. The van der Waals surface area contributed by atoms with Crippen LogP contribution in [0, 0.1) is 0 Å². The number of aromatic amines is 1. The molecule has 0 spiro atoms. The molecule has 32 heavy (non-hydrogen) atoms. The van der Waals surface area contributed by atoms with Gasteiger partial charge >= 0.3 is 5.69 Å². The first-order chi connectivity index (χ1) is 15.1. The van der Waals surface area contributed by atoms with E-state index in [2.05, 4.69) is 4.98 Å². The van der Waals surface area contributed by atoms with Gasteiger partial charge in [-0.25, -0.2) is 17.5 Å². The lowest BCUT2D eigenvalue weighted by Gasteiger charge is -2.25. The zero-order valence-electron chi connectivity index (χ0n) is 18.3. The largest absolute Gasteiger partial charge is 0.383 e. The molecule has 0 saturated heterocycles. The van der Waals surface area contributed by atoms with E-state index in [4.69, 9.17) is 5.73 Å². The topological polar surface area (TPSA) is 121 Å². The predicted octanol–water partition coefficient (Wildman–Crippen LogP) is 1.44. The van der Waals surface area contributed by atoms with Crippen LogP contribution in [0.5, 0.6) is 0 Å². The Kier molecular flexibility index (Phi) is 6.85. The van der Waals surface area contributed by atoms with Crippen molar-refractivity contribution in [2.75, 3.05) is 31.3 Å². The van der Waals surface area contributed by atoms with Crippen LogP contribution in [-0.4, -0.2) is 42.9 Å². The number of benzene rings is 2. The standard InChI is InChI=1S/C22H27N5O4S/c1-4-26(14-17-11-8-12-18(13-17)32(30,31)25(2)3)19-20(23)27(22(29)24-21(19)28)15-16-9-6-5-7-10-16/h5-13H,4,14-15,23H2,1-3H3,(H,24,28,29). The summed E-state index contributed by atoms with van der Waals surface area (Å²) >= 11 is 0. The van der Waals surface area contributed by atoms with Crippen LogP contribution >= 0.6 is 0 Å². The van der Waals surface area contributed by atoms with E-state index in [0.717, 1.165) is 9.87 Å². The molecular formula is C22H27N5O4S. The minimum atomic E-state index is -3.59. The zero-order chi connectivity index (χ0) is 23.5. The number of nitrogen functional groups attached to an aromatic ring is 1. The number of nitrogens with zero attached hydrogens (tertiary/aromatic N) is 3. The Hall–Kier alpha value is -3.37. The van der Waals surface area contributed by atoms with Gasteiger partial charge in [0.2, 0.25) is 10.0 Å². The van der Waals surface area contributed by atoms with Crippen molar-refractivity contribution in [3.8, 4) is 0 Å².